The highest BCUT2D eigenvalue weighted by Gasteiger charge is 2.21. The third kappa shape index (κ3) is 4.11. The Hall–Kier alpha value is -0.900. The maximum atomic E-state index is 11.8. The summed E-state index contributed by atoms with van der Waals surface area (Å²) in [5, 5.41) is 3.09. The van der Waals surface area contributed by atoms with Crippen LogP contribution in [-0.4, -0.2) is 42.3 Å². The molecule has 0 radical (unpaired) electrons. The molecule has 2 aliphatic rings. The zero-order chi connectivity index (χ0) is 12.1. The van der Waals surface area contributed by atoms with Gasteiger partial charge in [-0.25, -0.2) is 0 Å². The topological polar surface area (TPSA) is 49.4 Å². The second-order valence-corrected chi connectivity index (χ2v) is 5.26. The number of hydrogen-bond acceptors (Lipinski definition) is 3. The van der Waals surface area contributed by atoms with Crippen molar-refractivity contribution in [3.63, 3.8) is 0 Å². The molecule has 1 heterocycles. The molecule has 0 aromatic rings. The van der Waals surface area contributed by atoms with Crippen LogP contribution in [0.3, 0.4) is 0 Å². The molecule has 0 aromatic heterocycles. The van der Waals surface area contributed by atoms with E-state index in [2.05, 4.69) is 5.32 Å². The zero-order valence-corrected chi connectivity index (χ0v) is 10.4. The van der Waals surface area contributed by atoms with Gasteiger partial charge in [-0.1, -0.05) is 19.3 Å². The van der Waals surface area contributed by atoms with Crippen molar-refractivity contribution in [1.29, 1.82) is 0 Å². The summed E-state index contributed by atoms with van der Waals surface area (Å²) in [4.78, 5) is 25.1. The van der Waals surface area contributed by atoms with Crippen LogP contribution in [0.25, 0.3) is 0 Å². The monoisotopic (exact) mass is 238 g/mol. The highest BCUT2D eigenvalue weighted by Crippen LogP contribution is 2.17. The molecule has 0 bridgehead atoms. The van der Waals surface area contributed by atoms with Crippen LogP contribution >= 0.6 is 0 Å². The van der Waals surface area contributed by atoms with Gasteiger partial charge in [0.1, 0.15) is 5.78 Å². The second-order valence-electron chi connectivity index (χ2n) is 5.26. The number of piperidine rings is 1. The van der Waals surface area contributed by atoms with E-state index in [0.717, 1.165) is 25.8 Å². The molecule has 1 saturated heterocycles. The lowest BCUT2D eigenvalue weighted by Crippen LogP contribution is -2.45. The summed E-state index contributed by atoms with van der Waals surface area (Å²) in [5.74, 6) is 0.355. The molecule has 1 amide bonds. The van der Waals surface area contributed by atoms with Crippen molar-refractivity contribution in [2.45, 2.75) is 51.0 Å². The summed E-state index contributed by atoms with van der Waals surface area (Å²) < 4.78 is 0. The Kier molecular flexibility index (Phi) is 4.54. The lowest BCUT2D eigenvalue weighted by Gasteiger charge is -2.27. The van der Waals surface area contributed by atoms with Crippen LogP contribution in [0.4, 0.5) is 0 Å². The fourth-order valence-electron chi connectivity index (χ4n) is 2.77. The Balaban J connectivity index is 1.70. The lowest BCUT2D eigenvalue weighted by atomic mass is 9.95. The number of nitrogens with one attached hydrogen (secondary N) is 1. The van der Waals surface area contributed by atoms with Gasteiger partial charge in [0.25, 0.3) is 0 Å². The SMILES string of the molecule is O=C1CCCN(CC(=O)NC2CCCCC2)C1. The average Bonchev–Trinajstić information content (AvgIpc) is 2.30. The van der Waals surface area contributed by atoms with Crippen molar-refractivity contribution < 1.29 is 9.59 Å². The standard InChI is InChI=1S/C13H22N2O2/c16-12-7-4-8-15(9-12)10-13(17)14-11-5-2-1-3-6-11/h11H,1-10H2,(H,14,17). The highest BCUT2D eigenvalue weighted by atomic mass is 16.2. The number of carbonyl (C=O) groups excluding carboxylic acids is 2. The molecule has 2 fully saturated rings. The van der Waals surface area contributed by atoms with Crippen molar-refractivity contribution in [3.05, 3.63) is 0 Å². The molecular formula is C13H22N2O2. The van der Waals surface area contributed by atoms with Gasteiger partial charge in [-0.15, -0.1) is 0 Å². The molecule has 96 valence electrons. The maximum Gasteiger partial charge on any atom is 0.234 e. The number of amides is 1. The van der Waals surface area contributed by atoms with E-state index in [1.807, 2.05) is 4.90 Å². The minimum Gasteiger partial charge on any atom is -0.352 e. The number of Topliss-reactive ketones (excluding diaryl/α,β-unsaturated/α-hetero) is 1. The van der Waals surface area contributed by atoms with E-state index in [4.69, 9.17) is 0 Å². The quantitative estimate of drug-likeness (QED) is 0.801. The summed E-state index contributed by atoms with van der Waals surface area (Å²) in [7, 11) is 0. The fourth-order valence-corrected chi connectivity index (χ4v) is 2.77. The Labute approximate surface area is 103 Å². The number of hydrogen-bond donors (Lipinski definition) is 1. The molecule has 1 aliphatic carbocycles. The Morgan fingerprint density at radius 1 is 1.24 bits per heavy atom. The van der Waals surface area contributed by atoms with E-state index in [1.54, 1.807) is 0 Å². The van der Waals surface area contributed by atoms with Crippen molar-refractivity contribution >= 4 is 11.7 Å². The lowest BCUT2D eigenvalue weighted by molar-refractivity contribution is -0.126. The van der Waals surface area contributed by atoms with Gasteiger partial charge in [-0.2, -0.15) is 0 Å². The molecule has 0 aromatic carbocycles. The second kappa shape index (κ2) is 6.15. The third-order valence-electron chi connectivity index (χ3n) is 3.67. The molecule has 17 heavy (non-hydrogen) atoms. The van der Waals surface area contributed by atoms with Gasteiger partial charge in [0.2, 0.25) is 5.91 Å². The molecule has 0 unspecified atom stereocenters. The predicted molar refractivity (Wildman–Crippen MR) is 65.7 cm³/mol. The van der Waals surface area contributed by atoms with E-state index < -0.39 is 0 Å². The fraction of sp³-hybridized carbons (Fsp3) is 0.846. The molecule has 4 heteroatoms. The van der Waals surface area contributed by atoms with Crippen LogP contribution in [-0.2, 0) is 9.59 Å². The summed E-state index contributed by atoms with van der Waals surface area (Å²) in [6.45, 7) is 1.73. The number of carbonyl (C=O) groups is 2. The summed E-state index contributed by atoms with van der Waals surface area (Å²) >= 11 is 0. The smallest absolute Gasteiger partial charge is 0.234 e. The molecule has 1 aliphatic heterocycles. The van der Waals surface area contributed by atoms with E-state index in [1.165, 1.54) is 19.3 Å². The summed E-state index contributed by atoms with van der Waals surface area (Å²) in [5.41, 5.74) is 0. The Morgan fingerprint density at radius 2 is 2.00 bits per heavy atom. The van der Waals surface area contributed by atoms with Crippen LogP contribution in [0.5, 0.6) is 0 Å². The number of ketones is 1. The summed E-state index contributed by atoms with van der Waals surface area (Å²) in [6, 6.07) is 0.372. The van der Waals surface area contributed by atoms with Gasteiger partial charge in [0, 0.05) is 12.5 Å². The molecule has 4 nitrogen and oxygen atoms in total. The average molecular weight is 238 g/mol. The number of likely N-dealkylation sites (tertiary alicyclic amines) is 1. The first-order chi connectivity index (χ1) is 8.24. The highest BCUT2D eigenvalue weighted by molar-refractivity contribution is 5.83. The van der Waals surface area contributed by atoms with E-state index >= 15 is 0 Å². The number of nitrogens with zero attached hydrogens (tertiary/aromatic N) is 1. The van der Waals surface area contributed by atoms with Gasteiger partial charge < -0.3 is 5.32 Å². The van der Waals surface area contributed by atoms with Gasteiger partial charge in [0.15, 0.2) is 0 Å². The van der Waals surface area contributed by atoms with E-state index in [0.29, 0.717) is 25.6 Å². The van der Waals surface area contributed by atoms with E-state index in [-0.39, 0.29) is 11.7 Å². The van der Waals surface area contributed by atoms with Crippen LogP contribution in [0.1, 0.15) is 44.9 Å². The molecule has 0 atom stereocenters. The first-order valence-corrected chi connectivity index (χ1v) is 6.77. The maximum absolute atomic E-state index is 11.8. The van der Waals surface area contributed by atoms with Crippen LogP contribution < -0.4 is 5.32 Å². The first kappa shape index (κ1) is 12.6. The van der Waals surface area contributed by atoms with Crippen molar-refractivity contribution in [1.82, 2.24) is 10.2 Å². The van der Waals surface area contributed by atoms with Gasteiger partial charge >= 0.3 is 0 Å². The van der Waals surface area contributed by atoms with Crippen LogP contribution in [0.2, 0.25) is 0 Å². The Bertz CT molecular complexity index is 285. The molecule has 1 N–H and O–H groups in total. The van der Waals surface area contributed by atoms with Crippen LogP contribution in [0, 0.1) is 0 Å². The minimum atomic E-state index is 0.0894. The number of rotatable bonds is 3. The molecular weight excluding hydrogens is 216 g/mol. The summed E-state index contributed by atoms with van der Waals surface area (Å²) in [6.07, 6.45) is 7.57. The van der Waals surface area contributed by atoms with Crippen LogP contribution in [0.15, 0.2) is 0 Å². The molecule has 1 saturated carbocycles. The molecule has 2 rings (SSSR count). The first-order valence-electron chi connectivity index (χ1n) is 6.77. The van der Waals surface area contributed by atoms with Crippen molar-refractivity contribution in [2.24, 2.45) is 0 Å². The zero-order valence-electron chi connectivity index (χ0n) is 10.4. The Morgan fingerprint density at radius 3 is 2.71 bits per heavy atom. The third-order valence-corrected chi connectivity index (χ3v) is 3.67. The molecule has 0 spiro atoms. The van der Waals surface area contributed by atoms with E-state index in [9.17, 15) is 9.59 Å². The predicted octanol–water partition coefficient (Wildman–Crippen LogP) is 1.10. The van der Waals surface area contributed by atoms with Gasteiger partial charge in [-0.05, 0) is 25.8 Å². The van der Waals surface area contributed by atoms with Gasteiger partial charge in [0.05, 0.1) is 13.1 Å². The normalized spacial score (nSPS) is 23.6. The van der Waals surface area contributed by atoms with Gasteiger partial charge in [-0.3, -0.25) is 14.5 Å². The largest absolute Gasteiger partial charge is 0.352 e. The van der Waals surface area contributed by atoms with Crippen molar-refractivity contribution in [3.8, 4) is 0 Å². The van der Waals surface area contributed by atoms with Crippen molar-refractivity contribution in [2.75, 3.05) is 19.6 Å². The minimum absolute atomic E-state index is 0.0894.